The molecule has 0 saturated carbocycles. The fourth-order valence-electron chi connectivity index (χ4n) is 2.72. The summed E-state index contributed by atoms with van der Waals surface area (Å²) in [7, 11) is 0. The number of hydrogen-bond acceptors (Lipinski definition) is 1. The molecule has 0 spiro atoms. The zero-order valence-electron chi connectivity index (χ0n) is 12.9. The van der Waals surface area contributed by atoms with Crippen molar-refractivity contribution in [3.8, 4) is 0 Å². The van der Waals surface area contributed by atoms with Gasteiger partial charge < -0.3 is 4.90 Å². The highest BCUT2D eigenvalue weighted by Gasteiger charge is 2.13. The van der Waals surface area contributed by atoms with E-state index in [-0.39, 0.29) is 0 Å². The minimum Gasteiger partial charge on any atom is -0.311 e. The van der Waals surface area contributed by atoms with Gasteiger partial charge in [0, 0.05) is 17.1 Å². The summed E-state index contributed by atoms with van der Waals surface area (Å²) >= 11 is 0. The molecule has 0 N–H and O–H groups in total. The van der Waals surface area contributed by atoms with Crippen molar-refractivity contribution in [3.63, 3.8) is 0 Å². The molecular formula is C21H21N. The first kappa shape index (κ1) is 14.4. The van der Waals surface area contributed by atoms with Crippen molar-refractivity contribution >= 4 is 17.5 Å². The Balaban J connectivity index is 2.01. The fraction of sp³-hybridized carbons (Fsp3) is 0.143. The second kappa shape index (κ2) is 6.95. The van der Waals surface area contributed by atoms with Crippen LogP contribution in [0.3, 0.4) is 0 Å². The lowest BCUT2D eigenvalue weighted by Crippen LogP contribution is -2.16. The predicted molar refractivity (Wildman–Crippen MR) is 96.2 cm³/mol. The summed E-state index contributed by atoms with van der Waals surface area (Å²) in [6.07, 6.45) is 13.2. The number of hydrogen-bond donors (Lipinski definition) is 0. The molecule has 0 aliphatic heterocycles. The number of para-hydroxylation sites is 1. The molecule has 3 rings (SSSR count). The number of nitrogens with zero attached hydrogens (tertiary/aromatic N) is 1. The largest absolute Gasteiger partial charge is 0.311 e. The third-order valence-electron chi connectivity index (χ3n) is 3.76. The molecule has 0 unspecified atom stereocenters. The molecule has 0 saturated heterocycles. The van der Waals surface area contributed by atoms with E-state index in [1.54, 1.807) is 0 Å². The highest BCUT2D eigenvalue weighted by Crippen LogP contribution is 2.32. The van der Waals surface area contributed by atoms with Gasteiger partial charge in [0.2, 0.25) is 0 Å². The normalized spacial score (nSPS) is 14.1. The van der Waals surface area contributed by atoms with Crippen molar-refractivity contribution in [1.29, 1.82) is 0 Å². The highest BCUT2D eigenvalue weighted by atomic mass is 15.1. The summed E-state index contributed by atoms with van der Waals surface area (Å²) < 4.78 is 0. The number of anilines is 2. The third-order valence-corrected chi connectivity index (χ3v) is 3.76. The molecule has 1 nitrogen and oxygen atoms in total. The number of allylic oxidation sites excluding steroid dienone is 4. The SMILES string of the molecule is C/C=C/c1ccc(N(C2=CCCC=C2)c2ccccc2)cc1. The van der Waals surface area contributed by atoms with Crippen LogP contribution >= 0.6 is 0 Å². The van der Waals surface area contributed by atoms with Crippen LogP contribution in [0.15, 0.2) is 84.6 Å². The zero-order valence-corrected chi connectivity index (χ0v) is 12.9. The second-order valence-corrected chi connectivity index (χ2v) is 5.37. The average Bonchev–Trinajstić information content (AvgIpc) is 2.59. The first-order chi connectivity index (χ1) is 10.9. The lowest BCUT2D eigenvalue weighted by molar-refractivity contribution is 0.997. The molecule has 2 aromatic carbocycles. The van der Waals surface area contributed by atoms with Gasteiger partial charge in [-0.05, 0) is 55.7 Å². The van der Waals surface area contributed by atoms with Crippen LogP contribution in [0.25, 0.3) is 6.08 Å². The average molecular weight is 287 g/mol. The second-order valence-electron chi connectivity index (χ2n) is 5.37. The summed E-state index contributed by atoms with van der Waals surface area (Å²) in [6.45, 7) is 2.04. The maximum atomic E-state index is 2.31. The van der Waals surface area contributed by atoms with Gasteiger partial charge in [0.25, 0.3) is 0 Å². The van der Waals surface area contributed by atoms with Crippen LogP contribution in [0.1, 0.15) is 25.3 Å². The van der Waals surface area contributed by atoms with Gasteiger partial charge in [-0.2, -0.15) is 0 Å². The van der Waals surface area contributed by atoms with Gasteiger partial charge >= 0.3 is 0 Å². The van der Waals surface area contributed by atoms with E-state index < -0.39 is 0 Å². The Hall–Kier alpha value is -2.54. The first-order valence-electron chi connectivity index (χ1n) is 7.83. The van der Waals surface area contributed by atoms with E-state index in [4.69, 9.17) is 0 Å². The molecule has 0 atom stereocenters. The van der Waals surface area contributed by atoms with Gasteiger partial charge in [-0.15, -0.1) is 0 Å². The van der Waals surface area contributed by atoms with Crippen molar-refractivity contribution in [3.05, 3.63) is 90.2 Å². The van der Waals surface area contributed by atoms with E-state index in [9.17, 15) is 0 Å². The molecule has 0 amide bonds. The summed E-state index contributed by atoms with van der Waals surface area (Å²) in [6, 6.07) is 19.2. The predicted octanol–water partition coefficient (Wildman–Crippen LogP) is 6.09. The quantitative estimate of drug-likeness (QED) is 0.657. The van der Waals surface area contributed by atoms with Crippen LogP contribution < -0.4 is 4.90 Å². The third kappa shape index (κ3) is 3.20. The van der Waals surface area contributed by atoms with Crippen molar-refractivity contribution in [1.82, 2.24) is 0 Å². The Bertz CT molecular complexity index is 690. The minimum atomic E-state index is 1.10. The highest BCUT2D eigenvalue weighted by molar-refractivity contribution is 5.71. The lowest BCUT2D eigenvalue weighted by atomic mass is 10.1. The molecule has 0 heterocycles. The van der Waals surface area contributed by atoms with Crippen LogP contribution in [0, 0.1) is 0 Å². The van der Waals surface area contributed by atoms with Crippen LogP contribution in [0.5, 0.6) is 0 Å². The minimum absolute atomic E-state index is 1.10. The van der Waals surface area contributed by atoms with Crippen molar-refractivity contribution in [2.45, 2.75) is 19.8 Å². The van der Waals surface area contributed by atoms with Gasteiger partial charge in [-0.25, -0.2) is 0 Å². The summed E-state index contributed by atoms with van der Waals surface area (Å²) in [5, 5.41) is 0. The first-order valence-corrected chi connectivity index (χ1v) is 7.83. The van der Waals surface area contributed by atoms with Crippen molar-refractivity contribution in [2.24, 2.45) is 0 Å². The Morgan fingerprint density at radius 1 is 0.864 bits per heavy atom. The van der Waals surface area contributed by atoms with E-state index in [1.807, 2.05) is 6.92 Å². The van der Waals surface area contributed by atoms with E-state index >= 15 is 0 Å². The molecule has 0 aromatic heterocycles. The number of benzene rings is 2. The Morgan fingerprint density at radius 2 is 1.59 bits per heavy atom. The Morgan fingerprint density at radius 3 is 2.23 bits per heavy atom. The molecule has 2 aromatic rings. The standard InChI is InChI=1S/C21H21N/c1-2-9-18-14-16-21(17-15-18)22(19-10-5-3-6-11-19)20-12-7-4-8-13-20/h2-3,5-7,9-17H,4,8H2,1H3/b9-2+. The van der Waals surface area contributed by atoms with E-state index in [0.717, 1.165) is 12.8 Å². The van der Waals surface area contributed by atoms with Crippen LogP contribution in [-0.2, 0) is 0 Å². The molecule has 22 heavy (non-hydrogen) atoms. The summed E-state index contributed by atoms with van der Waals surface area (Å²) in [4.78, 5) is 2.31. The van der Waals surface area contributed by atoms with Gasteiger partial charge in [0.15, 0.2) is 0 Å². The topological polar surface area (TPSA) is 3.24 Å². The van der Waals surface area contributed by atoms with Gasteiger partial charge in [0.05, 0.1) is 0 Å². The monoisotopic (exact) mass is 287 g/mol. The molecule has 1 aliphatic rings. The zero-order chi connectivity index (χ0) is 15.2. The van der Waals surface area contributed by atoms with E-state index in [2.05, 4.69) is 89.9 Å². The Kier molecular flexibility index (Phi) is 4.55. The number of rotatable bonds is 4. The van der Waals surface area contributed by atoms with E-state index in [1.165, 1.54) is 22.6 Å². The van der Waals surface area contributed by atoms with Gasteiger partial charge in [-0.1, -0.05) is 54.6 Å². The Labute approximate surface area is 132 Å². The van der Waals surface area contributed by atoms with Crippen LogP contribution in [0.2, 0.25) is 0 Å². The molecule has 1 heteroatoms. The maximum Gasteiger partial charge on any atom is 0.0461 e. The van der Waals surface area contributed by atoms with Crippen LogP contribution in [-0.4, -0.2) is 0 Å². The summed E-state index contributed by atoms with van der Waals surface area (Å²) in [5.74, 6) is 0. The molecule has 0 radical (unpaired) electrons. The lowest BCUT2D eigenvalue weighted by Gasteiger charge is -2.27. The van der Waals surface area contributed by atoms with E-state index in [0.29, 0.717) is 0 Å². The van der Waals surface area contributed by atoms with Gasteiger partial charge in [-0.3, -0.25) is 0 Å². The molecule has 0 bridgehead atoms. The van der Waals surface area contributed by atoms with Gasteiger partial charge in [0.1, 0.15) is 0 Å². The fourth-order valence-corrected chi connectivity index (χ4v) is 2.72. The maximum absolute atomic E-state index is 2.31. The van der Waals surface area contributed by atoms with Crippen LogP contribution in [0.4, 0.5) is 11.4 Å². The van der Waals surface area contributed by atoms with Crippen molar-refractivity contribution < 1.29 is 0 Å². The van der Waals surface area contributed by atoms with Crippen molar-refractivity contribution in [2.75, 3.05) is 4.90 Å². The molecular weight excluding hydrogens is 266 g/mol. The molecule has 110 valence electrons. The molecule has 0 fully saturated rings. The molecule has 1 aliphatic carbocycles. The smallest absolute Gasteiger partial charge is 0.0461 e. The summed E-state index contributed by atoms with van der Waals surface area (Å²) in [5.41, 5.74) is 4.86.